The molecule has 1 aromatic heterocycles. The number of carbonyl (C=O) groups is 1. The largest absolute Gasteiger partial charge is 0.494 e. The maximum atomic E-state index is 12.5. The molecule has 0 bridgehead atoms. The van der Waals surface area contributed by atoms with Crippen LogP contribution in [0.2, 0.25) is 0 Å². The maximum Gasteiger partial charge on any atom is 0.343 e. The van der Waals surface area contributed by atoms with Crippen molar-refractivity contribution in [2.24, 2.45) is 0 Å². The smallest absolute Gasteiger partial charge is 0.343 e. The first-order valence-corrected chi connectivity index (χ1v) is 12.5. The summed E-state index contributed by atoms with van der Waals surface area (Å²) in [6.07, 6.45) is 10.9. The zero-order chi connectivity index (χ0) is 24.2. The lowest BCUT2D eigenvalue weighted by Crippen LogP contribution is -2.08. The predicted octanol–water partition coefficient (Wildman–Crippen LogP) is 7.62. The third kappa shape index (κ3) is 8.05. The quantitative estimate of drug-likeness (QED) is 0.140. The molecular weight excluding hydrogens is 426 g/mol. The van der Waals surface area contributed by atoms with E-state index >= 15 is 0 Å². The number of carbonyl (C=O) groups excluding carboxylic acids is 1. The standard InChI is InChI=1S/C29H37NO4/c1-4-5-6-7-8-9-10-11-20-32-26-18-14-25(15-19-26)29(31)33-27-16-12-24(13-17-27)21-28-22(2)30-34-23(28)3/h12-19H,4-11,20-21H2,1-3H3. The van der Waals surface area contributed by atoms with Crippen molar-refractivity contribution in [2.45, 2.75) is 78.6 Å². The lowest BCUT2D eigenvalue weighted by atomic mass is 10.0. The Bertz CT molecular complexity index is 986. The van der Waals surface area contributed by atoms with Gasteiger partial charge in [-0.05, 0) is 62.2 Å². The minimum atomic E-state index is -0.381. The van der Waals surface area contributed by atoms with Gasteiger partial charge in [0.2, 0.25) is 0 Å². The molecule has 0 unspecified atom stereocenters. The zero-order valence-electron chi connectivity index (χ0n) is 20.8. The topological polar surface area (TPSA) is 61.6 Å². The van der Waals surface area contributed by atoms with Gasteiger partial charge in [-0.25, -0.2) is 4.79 Å². The molecule has 34 heavy (non-hydrogen) atoms. The first-order valence-electron chi connectivity index (χ1n) is 12.5. The Morgan fingerprint density at radius 1 is 0.824 bits per heavy atom. The van der Waals surface area contributed by atoms with E-state index < -0.39 is 0 Å². The number of rotatable bonds is 14. The van der Waals surface area contributed by atoms with Gasteiger partial charge >= 0.3 is 5.97 Å². The number of nitrogens with zero attached hydrogens (tertiary/aromatic N) is 1. The average molecular weight is 464 g/mol. The summed E-state index contributed by atoms with van der Waals surface area (Å²) in [5, 5.41) is 4.00. The average Bonchev–Trinajstić information content (AvgIpc) is 3.16. The molecule has 0 aliphatic carbocycles. The molecule has 5 nitrogen and oxygen atoms in total. The summed E-state index contributed by atoms with van der Waals surface area (Å²) >= 11 is 0. The lowest BCUT2D eigenvalue weighted by Gasteiger charge is -2.08. The Kier molecular flexibility index (Phi) is 10.2. The highest BCUT2D eigenvalue weighted by molar-refractivity contribution is 5.91. The minimum Gasteiger partial charge on any atom is -0.494 e. The number of esters is 1. The zero-order valence-corrected chi connectivity index (χ0v) is 20.8. The van der Waals surface area contributed by atoms with Crippen LogP contribution in [0.5, 0.6) is 11.5 Å². The molecule has 1 heterocycles. The van der Waals surface area contributed by atoms with E-state index in [1.807, 2.05) is 50.2 Å². The van der Waals surface area contributed by atoms with Gasteiger partial charge in [0.1, 0.15) is 17.3 Å². The first kappa shape index (κ1) is 25.5. The summed E-state index contributed by atoms with van der Waals surface area (Å²) in [6, 6.07) is 14.7. The van der Waals surface area contributed by atoms with Gasteiger partial charge in [-0.1, -0.05) is 69.2 Å². The molecule has 3 rings (SSSR count). The second kappa shape index (κ2) is 13.6. The van der Waals surface area contributed by atoms with Gasteiger partial charge in [0, 0.05) is 12.0 Å². The van der Waals surface area contributed by atoms with E-state index in [-0.39, 0.29) is 5.97 Å². The molecular formula is C29H37NO4. The lowest BCUT2D eigenvalue weighted by molar-refractivity contribution is 0.0734. The summed E-state index contributed by atoms with van der Waals surface area (Å²) in [5.41, 5.74) is 3.60. The second-order valence-corrected chi connectivity index (χ2v) is 8.86. The Morgan fingerprint density at radius 2 is 1.44 bits per heavy atom. The fourth-order valence-corrected chi connectivity index (χ4v) is 3.91. The van der Waals surface area contributed by atoms with Gasteiger partial charge in [0.05, 0.1) is 17.9 Å². The SMILES string of the molecule is CCCCCCCCCCOc1ccc(C(=O)Oc2ccc(Cc3c(C)noc3C)cc2)cc1. The van der Waals surface area contributed by atoms with Crippen molar-refractivity contribution < 1.29 is 18.8 Å². The van der Waals surface area contributed by atoms with Crippen LogP contribution >= 0.6 is 0 Å². The van der Waals surface area contributed by atoms with E-state index in [1.54, 1.807) is 12.1 Å². The fourth-order valence-electron chi connectivity index (χ4n) is 3.91. The molecule has 0 fully saturated rings. The molecule has 5 heteroatoms. The van der Waals surface area contributed by atoms with Crippen LogP contribution in [-0.2, 0) is 6.42 Å². The minimum absolute atomic E-state index is 0.381. The Balaban J connectivity index is 1.39. The summed E-state index contributed by atoms with van der Waals surface area (Å²) in [6.45, 7) is 6.81. The van der Waals surface area contributed by atoms with Crippen LogP contribution in [0.4, 0.5) is 0 Å². The van der Waals surface area contributed by atoms with Crippen LogP contribution in [0.25, 0.3) is 0 Å². The highest BCUT2D eigenvalue weighted by Gasteiger charge is 2.11. The van der Waals surface area contributed by atoms with Gasteiger partial charge in [-0.15, -0.1) is 0 Å². The molecule has 3 aromatic rings. The van der Waals surface area contributed by atoms with E-state index in [0.717, 1.165) is 41.2 Å². The normalized spacial score (nSPS) is 10.9. The van der Waals surface area contributed by atoms with Crippen molar-refractivity contribution in [1.82, 2.24) is 5.16 Å². The van der Waals surface area contributed by atoms with E-state index in [4.69, 9.17) is 14.0 Å². The molecule has 0 spiro atoms. The van der Waals surface area contributed by atoms with E-state index in [9.17, 15) is 4.79 Å². The Morgan fingerprint density at radius 3 is 2.06 bits per heavy atom. The molecule has 0 aliphatic rings. The van der Waals surface area contributed by atoms with Gasteiger partial charge in [0.15, 0.2) is 0 Å². The number of hydrogen-bond acceptors (Lipinski definition) is 5. The van der Waals surface area contributed by atoms with Crippen molar-refractivity contribution in [2.75, 3.05) is 6.61 Å². The number of benzene rings is 2. The van der Waals surface area contributed by atoms with Crippen molar-refractivity contribution in [3.05, 3.63) is 76.7 Å². The van der Waals surface area contributed by atoms with Crippen molar-refractivity contribution >= 4 is 5.97 Å². The van der Waals surface area contributed by atoms with Crippen LogP contribution in [0, 0.1) is 13.8 Å². The Labute approximate surface area is 203 Å². The van der Waals surface area contributed by atoms with Gasteiger partial charge in [-0.3, -0.25) is 0 Å². The van der Waals surface area contributed by atoms with Crippen molar-refractivity contribution in [3.63, 3.8) is 0 Å². The number of hydrogen-bond donors (Lipinski definition) is 0. The van der Waals surface area contributed by atoms with Gasteiger partial charge < -0.3 is 14.0 Å². The fraction of sp³-hybridized carbons (Fsp3) is 0.448. The molecule has 0 saturated heterocycles. The molecule has 182 valence electrons. The van der Waals surface area contributed by atoms with E-state index in [0.29, 0.717) is 17.9 Å². The first-order chi connectivity index (χ1) is 16.6. The predicted molar refractivity (Wildman–Crippen MR) is 135 cm³/mol. The third-order valence-corrected chi connectivity index (χ3v) is 6.05. The maximum absolute atomic E-state index is 12.5. The van der Waals surface area contributed by atoms with Crippen molar-refractivity contribution in [3.8, 4) is 11.5 Å². The highest BCUT2D eigenvalue weighted by atomic mass is 16.5. The molecule has 0 atom stereocenters. The van der Waals surface area contributed by atoms with Gasteiger partial charge in [0.25, 0.3) is 0 Å². The number of ether oxygens (including phenoxy) is 2. The number of unbranched alkanes of at least 4 members (excludes halogenated alkanes) is 7. The molecule has 2 aromatic carbocycles. The van der Waals surface area contributed by atoms with E-state index in [2.05, 4.69) is 12.1 Å². The highest BCUT2D eigenvalue weighted by Crippen LogP contribution is 2.21. The van der Waals surface area contributed by atoms with Crippen LogP contribution in [0.15, 0.2) is 53.1 Å². The third-order valence-electron chi connectivity index (χ3n) is 6.05. The summed E-state index contributed by atoms with van der Waals surface area (Å²) in [7, 11) is 0. The van der Waals surface area contributed by atoms with E-state index in [1.165, 1.54) is 44.9 Å². The number of aromatic nitrogens is 1. The summed E-state index contributed by atoms with van der Waals surface area (Å²) < 4.78 is 16.6. The van der Waals surface area contributed by atoms with Crippen LogP contribution in [0.1, 0.15) is 91.2 Å². The molecule has 0 saturated carbocycles. The monoisotopic (exact) mass is 463 g/mol. The molecule has 0 radical (unpaired) electrons. The number of aryl methyl sites for hydroxylation is 2. The van der Waals surface area contributed by atoms with Crippen LogP contribution in [-0.4, -0.2) is 17.7 Å². The van der Waals surface area contributed by atoms with Crippen LogP contribution < -0.4 is 9.47 Å². The van der Waals surface area contributed by atoms with Crippen LogP contribution in [0.3, 0.4) is 0 Å². The van der Waals surface area contributed by atoms with Crippen molar-refractivity contribution in [1.29, 1.82) is 0 Å². The summed E-state index contributed by atoms with van der Waals surface area (Å²) in [5.74, 6) is 1.75. The Hall–Kier alpha value is -3.08. The second-order valence-electron chi connectivity index (χ2n) is 8.86. The molecule has 0 amide bonds. The van der Waals surface area contributed by atoms with Gasteiger partial charge in [-0.2, -0.15) is 0 Å². The molecule has 0 N–H and O–H groups in total. The summed E-state index contributed by atoms with van der Waals surface area (Å²) in [4.78, 5) is 12.5. The molecule has 0 aliphatic heterocycles.